The van der Waals surface area contributed by atoms with Gasteiger partial charge in [-0.25, -0.2) is 4.79 Å². The number of Topliss-reactive ketones (excluding diaryl/α,β-unsaturated/α-hetero) is 1. The van der Waals surface area contributed by atoms with Crippen molar-refractivity contribution in [3.63, 3.8) is 0 Å². The Balaban J connectivity index is 1.61. The number of esters is 1. The lowest BCUT2D eigenvalue weighted by Gasteiger charge is -2.28. The van der Waals surface area contributed by atoms with E-state index in [9.17, 15) is 14.6 Å². The molecule has 5 nitrogen and oxygen atoms in total. The first-order valence-corrected chi connectivity index (χ1v) is 10.2. The van der Waals surface area contributed by atoms with Crippen LogP contribution < -0.4 is 4.65 Å². The van der Waals surface area contributed by atoms with E-state index in [-0.39, 0.29) is 18.0 Å². The highest BCUT2D eigenvalue weighted by molar-refractivity contribution is 6.47. The van der Waals surface area contributed by atoms with Gasteiger partial charge in [-0.05, 0) is 30.4 Å². The number of hydrogen-bond acceptors (Lipinski definition) is 5. The normalized spacial score (nSPS) is 19.9. The highest BCUT2D eigenvalue weighted by Gasteiger charge is 2.37. The second kappa shape index (κ2) is 9.40. The first kappa shape index (κ1) is 19.9. The molecule has 1 fully saturated rings. The Hall–Kier alpha value is -1.82. The van der Waals surface area contributed by atoms with E-state index >= 15 is 0 Å². The van der Waals surface area contributed by atoms with Crippen LogP contribution in [-0.2, 0) is 16.0 Å². The average molecular weight is 372 g/mol. The summed E-state index contributed by atoms with van der Waals surface area (Å²) in [5, 5.41) is 10.3. The minimum absolute atomic E-state index is 0.101. The van der Waals surface area contributed by atoms with Crippen molar-refractivity contribution < 1.29 is 24.0 Å². The van der Waals surface area contributed by atoms with Crippen molar-refractivity contribution in [3.05, 3.63) is 29.3 Å². The molecule has 0 amide bonds. The molecule has 6 heteroatoms. The van der Waals surface area contributed by atoms with Crippen molar-refractivity contribution in [3.8, 4) is 5.75 Å². The van der Waals surface area contributed by atoms with Crippen LogP contribution in [0.2, 0.25) is 5.82 Å². The molecule has 1 aromatic rings. The Bertz CT molecular complexity index is 669. The summed E-state index contributed by atoms with van der Waals surface area (Å²) in [5.41, 5.74) is 1.20. The molecule has 2 aliphatic rings. The smallest absolute Gasteiger partial charge is 0.526 e. The molecule has 27 heavy (non-hydrogen) atoms. The second-order valence-electron chi connectivity index (χ2n) is 7.79. The van der Waals surface area contributed by atoms with E-state index < -0.39 is 13.1 Å². The number of rotatable bonds is 7. The number of carbonyl (C=O) groups is 2. The summed E-state index contributed by atoms with van der Waals surface area (Å²) in [7, 11) is -1.08. The molecule has 1 aliphatic carbocycles. The largest absolute Gasteiger partial charge is 0.535 e. The van der Waals surface area contributed by atoms with E-state index in [2.05, 4.69) is 0 Å². The zero-order chi connectivity index (χ0) is 19.2. The highest BCUT2D eigenvalue weighted by atomic mass is 16.5. The van der Waals surface area contributed by atoms with Crippen molar-refractivity contribution in [2.24, 2.45) is 5.92 Å². The van der Waals surface area contributed by atoms with Gasteiger partial charge in [-0.15, -0.1) is 0 Å². The van der Waals surface area contributed by atoms with E-state index in [1.54, 1.807) is 12.1 Å². The first-order valence-electron chi connectivity index (χ1n) is 10.2. The third-order valence-electron chi connectivity index (χ3n) is 5.81. The lowest BCUT2D eigenvalue weighted by atomic mass is 9.64. The number of ketones is 1. The fourth-order valence-electron chi connectivity index (χ4n) is 4.13. The van der Waals surface area contributed by atoms with Gasteiger partial charge in [0, 0.05) is 18.7 Å². The van der Waals surface area contributed by atoms with Crippen LogP contribution in [0.1, 0.15) is 74.2 Å². The van der Waals surface area contributed by atoms with Crippen LogP contribution in [0.25, 0.3) is 0 Å². The summed E-state index contributed by atoms with van der Waals surface area (Å²) < 4.78 is 11.1. The van der Waals surface area contributed by atoms with Crippen molar-refractivity contribution in [1.29, 1.82) is 0 Å². The summed E-state index contributed by atoms with van der Waals surface area (Å²) in [4.78, 5) is 24.3. The van der Waals surface area contributed by atoms with Gasteiger partial charge >= 0.3 is 13.1 Å². The summed E-state index contributed by atoms with van der Waals surface area (Å²) in [6.45, 7) is 2.23. The van der Waals surface area contributed by atoms with Gasteiger partial charge in [0.1, 0.15) is 17.1 Å². The summed E-state index contributed by atoms with van der Waals surface area (Å²) in [5.74, 6) is 0.476. The van der Waals surface area contributed by atoms with Gasteiger partial charge in [0.15, 0.2) is 0 Å². The van der Waals surface area contributed by atoms with Crippen molar-refractivity contribution in [2.45, 2.75) is 70.5 Å². The minimum atomic E-state index is -1.08. The predicted molar refractivity (Wildman–Crippen MR) is 104 cm³/mol. The van der Waals surface area contributed by atoms with Gasteiger partial charge in [0.25, 0.3) is 0 Å². The molecule has 1 N–H and O–H groups in total. The standard InChI is InChI=1S/C21H29BO5/c1-2-18(23)14-17-13-16-9-6-10-19(20(16)27-22(17)25)21(24)26-12-11-15-7-4-3-5-8-15/h6,9-10,15,17,25H,2-5,7-8,11-14H2,1H3/t17-/m1/s1. The first-order chi connectivity index (χ1) is 13.1. The number of para-hydroxylation sites is 1. The van der Waals surface area contributed by atoms with Crippen molar-refractivity contribution >= 4 is 18.9 Å². The molecule has 3 rings (SSSR count). The molecule has 0 aromatic heterocycles. The molecule has 0 unspecified atom stereocenters. The lowest BCUT2D eigenvalue weighted by Crippen LogP contribution is -2.35. The number of carbonyl (C=O) groups excluding carboxylic acids is 2. The number of benzene rings is 1. The van der Waals surface area contributed by atoms with Gasteiger partial charge in [-0.2, -0.15) is 0 Å². The monoisotopic (exact) mass is 372 g/mol. The second-order valence-corrected chi connectivity index (χ2v) is 7.79. The maximum atomic E-state index is 12.5. The number of hydrogen-bond donors (Lipinski definition) is 1. The van der Waals surface area contributed by atoms with Crippen molar-refractivity contribution in [2.75, 3.05) is 6.61 Å². The lowest BCUT2D eigenvalue weighted by molar-refractivity contribution is -0.118. The summed E-state index contributed by atoms with van der Waals surface area (Å²) >= 11 is 0. The fraction of sp³-hybridized carbons (Fsp3) is 0.619. The van der Waals surface area contributed by atoms with Crippen LogP contribution in [0.5, 0.6) is 5.75 Å². The molecule has 1 saturated carbocycles. The van der Waals surface area contributed by atoms with Crippen LogP contribution in [0, 0.1) is 5.92 Å². The van der Waals surface area contributed by atoms with Crippen LogP contribution in [-0.4, -0.2) is 30.5 Å². The average Bonchev–Trinajstić information content (AvgIpc) is 2.68. The zero-order valence-corrected chi connectivity index (χ0v) is 16.1. The molecule has 0 radical (unpaired) electrons. The maximum absolute atomic E-state index is 12.5. The Morgan fingerprint density at radius 2 is 2.04 bits per heavy atom. The van der Waals surface area contributed by atoms with E-state index in [1.165, 1.54) is 32.1 Å². The Labute approximate surface area is 161 Å². The third-order valence-corrected chi connectivity index (χ3v) is 5.81. The van der Waals surface area contributed by atoms with Gasteiger partial charge in [0.2, 0.25) is 0 Å². The molecule has 0 bridgehead atoms. The van der Waals surface area contributed by atoms with Gasteiger partial charge in [-0.3, -0.25) is 4.79 Å². The topological polar surface area (TPSA) is 72.8 Å². The SMILES string of the molecule is CCC(=O)C[C@H]1Cc2cccc(C(=O)OCCC3CCCCC3)c2OB1O. The van der Waals surface area contributed by atoms with Crippen LogP contribution in [0.3, 0.4) is 0 Å². The molecule has 1 atom stereocenters. The number of fused-ring (bicyclic) bond motifs is 1. The highest BCUT2D eigenvalue weighted by Crippen LogP contribution is 2.36. The number of ether oxygens (including phenoxy) is 1. The van der Waals surface area contributed by atoms with Crippen LogP contribution in [0.4, 0.5) is 0 Å². The predicted octanol–water partition coefficient (Wildman–Crippen LogP) is 3.97. The van der Waals surface area contributed by atoms with E-state index in [1.807, 2.05) is 13.0 Å². The quantitative estimate of drug-likeness (QED) is 0.579. The Morgan fingerprint density at radius 3 is 2.78 bits per heavy atom. The summed E-state index contributed by atoms with van der Waals surface area (Å²) in [6, 6.07) is 5.35. The molecule has 1 heterocycles. The van der Waals surface area contributed by atoms with E-state index in [0.29, 0.717) is 36.7 Å². The molecule has 1 aliphatic heterocycles. The van der Waals surface area contributed by atoms with Gasteiger partial charge < -0.3 is 14.4 Å². The summed E-state index contributed by atoms with van der Waals surface area (Å²) in [6.07, 6.45) is 8.48. The molecule has 146 valence electrons. The van der Waals surface area contributed by atoms with Crippen LogP contribution in [0.15, 0.2) is 18.2 Å². The van der Waals surface area contributed by atoms with Crippen molar-refractivity contribution in [1.82, 2.24) is 0 Å². The fourth-order valence-corrected chi connectivity index (χ4v) is 4.13. The van der Waals surface area contributed by atoms with E-state index in [4.69, 9.17) is 9.39 Å². The Kier molecular flexibility index (Phi) is 6.94. The van der Waals surface area contributed by atoms with E-state index in [0.717, 1.165) is 12.0 Å². The molecular formula is C21H29BO5. The molecule has 0 spiro atoms. The minimum Gasteiger partial charge on any atom is -0.535 e. The third kappa shape index (κ3) is 5.13. The van der Waals surface area contributed by atoms with Gasteiger partial charge in [-0.1, -0.05) is 51.2 Å². The molecule has 0 saturated heterocycles. The Morgan fingerprint density at radius 1 is 1.26 bits per heavy atom. The maximum Gasteiger partial charge on any atom is 0.526 e. The van der Waals surface area contributed by atoms with Gasteiger partial charge in [0.05, 0.1) is 6.61 Å². The molecule has 1 aromatic carbocycles. The zero-order valence-electron chi connectivity index (χ0n) is 16.1. The molecular weight excluding hydrogens is 343 g/mol. The van der Waals surface area contributed by atoms with Crippen LogP contribution >= 0.6 is 0 Å².